The van der Waals surface area contributed by atoms with Gasteiger partial charge in [0.05, 0.1) is 12.7 Å². The highest BCUT2D eigenvalue weighted by atomic mass is 19.1. The standard InChI is InChI=1S/C17H22FNO2/c1-12(2)11-19-8-6-13(7-9-19)14-4-5-16(18)15(10-14)17(20)21-3/h4-6,10,12H,7-9,11H2,1-3H3. The largest absolute Gasteiger partial charge is 0.465 e. The minimum atomic E-state index is -0.632. The number of hydrogen-bond acceptors (Lipinski definition) is 3. The van der Waals surface area contributed by atoms with Crippen LogP contribution in [0.1, 0.15) is 36.2 Å². The molecule has 0 aliphatic carbocycles. The molecule has 1 heterocycles. The zero-order chi connectivity index (χ0) is 15.4. The molecule has 1 aromatic carbocycles. The van der Waals surface area contributed by atoms with Crippen LogP contribution in [0, 0.1) is 11.7 Å². The Balaban J connectivity index is 2.16. The van der Waals surface area contributed by atoms with Crippen molar-refractivity contribution in [2.45, 2.75) is 20.3 Å². The predicted molar refractivity (Wildman–Crippen MR) is 81.6 cm³/mol. The van der Waals surface area contributed by atoms with Crippen LogP contribution in [0.3, 0.4) is 0 Å². The number of methoxy groups -OCH3 is 1. The summed E-state index contributed by atoms with van der Waals surface area (Å²) in [5, 5.41) is 0. The van der Waals surface area contributed by atoms with Crippen LogP contribution in [-0.2, 0) is 4.74 Å². The van der Waals surface area contributed by atoms with E-state index in [2.05, 4.69) is 29.6 Å². The Bertz CT molecular complexity index is 552. The molecule has 1 aliphatic rings. The van der Waals surface area contributed by atoms with Gasteiger partial charge in [0.1, 0.15) is 5.82 Å². The maximum atomic E-state index is 13.7. The van der Waals surface area contributed by atoms with Crippen molar-refractivity contribution in [2.24, 2.45) is 5.92 Å². The summed E-state index contributed by atoms with van der Waals surface area (Å²) in [6.45, 7) is 7.40. The second-order valence-electron chi connectivity index (χ2n) is 5.82. The summed E-state index contributed by atoms with van der Waals surface area (Å²) in [6, 6.07) is 4.65. The van der Waals surface area contributed by atoms with E-state index in [4.69, 9.17) is 0 Å². The molecule has 0 radical (unpaired) electrons. The van der Waals surface area contributed by atoms with Gasteiger partial charge in [0.15, 0.2) is 0 Å². The van der Waals surface area contributed by atoms with Crippen LogP contribution in [0.5, 0.6) is 0 Å². The summed E-state index contributed by atoms with van der Waals surface area (Å²) in [6.07, 6.45) is 3.08. The number of hydrogen-bond donors (Lipinski definition) is 0. The molecule has 0 amide bonds. The van der Waals surface area contributed by atoms with Gasteiger partial charge in [-0.2, -0.15) is 0 Å². The molecule has 0 aromatic heterocycles. The molecule has 0 saturated carbocycles. The van der Waals surface area contributed by atoms with Crippen LogP contribution in [0.25, 0.3) is 5.57 Å². The monoisotopic (exact) mass is 291 g/mol. The summed E-state index contributed by atoms with van der Waals surface area (Å²) in [5.41, 5.74) is 2.07. The van der Waals surface area contributed by atoms with Gasteiger partial charge in [-0.25, -0.2) is 9.18 Å². The van der Waals surface area contributed by atoms with Crippen LogP contribution in [0.2, 0.25) is 0 Å². The number of carbonyl (C=O) groups excluding carboxylic acids is 1. The highest BCUT2D eigenvalue weighted by Gasteiger charge is 2.17. The molecule has 0 unspecified atom stereocenters. The van der Waals surface area contributed by atoms with E-state index in [0.717, 1.165) is 31.6 Å². The van der Waals surface area contributed by atoms with Crippen molar-refractivity contribution in [3.63, 3.8) is 0 Å². The van der Waals surface area contributed by atoms with Crippen molar-refractivity contribution >= 4 is 11.5 Å². The maximum absolute atomic E-state index is 13.7. The smallest absolute Gasteiger partial charge is 0.340 e. The average molecular weight is 291 g/mol. The normalized spacial score (nSPS) is 16.0. The third-order valence-electron chi connectivity index (χ3n) is 3.66. The van der Waals surface area contributed by atoms with Crippen molar-refractivity contribution in [1.29, 1.82) is 0 Å². The highest BCUT2D eigenvalue weighted by molar-refractivity contribution is 5.90. The number of esters is 1. The van der Waals surface area contributed by atoms with E-state index < -0.39 is 11.8 Å². The number of halogens is 1. The number of benzene rings is 1. The summed E-state index contributed by atoms with van der Waals surface area (Å²) in [4.78, 5) is 14.0. The van der Waals surface area contributed by atoms with Crippen LogP contribution in [-0.4, -0.2) is 37.6 Å². The van der Waals surface area contributed by atoms with Crippen molar-refractivity contribution in [1.82, 2.24) is 4.90 Å². The molecule has 0 spiro atoms. The molecule has 4 heteroatoms. The molecule has 21 heavy (non-hydrogen) atoms. The Kier molecular flexibility index (Phi) is 5.12. The lowest BCUT2D eigenvalue weighted by molar-refractivity contribution is 0.0595. The van der Waals surface area contributed by atoms with E-state index >= 15 is 0 Å². The van der Waals surface area contributed by atoms with Crippen LogP contribution in [0.15, 0.2) is 24.3 Å². The molecule has 1 aromatic rings. The van der Waals surface area contributed by atoms with Gasteiger partial charge < -0.3 is 4.74 Å². The lowest BCUT2D eigenvalue weighted by Crippen LogP contribution is -2.31. The first kappa shape index (κ1) is 15.7. The van der Waals surface area contributed by atoms with Gasteiger partial charge >= 0.3 is 5.97 Å². The zero-order valence-corrected chi connectivity index (χ0v) is 12.9. The van der Waals surface area contributed by atoms with Crippen molar-refractivity contribution in [3.05, 3.63) is 41.2 Å². The lowest BCUT2D eigenvalue weighted by atomic mass is 9.97. The molecule has 0 bridgehead atoms. The summed E-state index contributed by atoms with van der Waals surface area (Å²) in [5.74, 6) is -0.521. The van der Waals surface area contributed by atoms with Crippen LogP contribution < -0.4 is 0 Å². The van der Waals surface area contributed by atoms with E-state index in [0.29, 0.717) is 5.92 Å². The third-order valence-corrected chi connectivity index (χ3v) is 3.66. The van der Waals surface area contributed by atoms with Gasteiger partial charge in [-0.15, -0.1) is 0 Å². The second-order valence-corrected chi connectivity index (χ2v) is 5.82. The fourth-order valence-corrected chi connectivity index (χ4v) is 2.65. The molecule has 0 saturated heterocycles. The number of carbonyl (C=O) groups is 1. The minimum absolute atomic E-state index is 0.000472. The first-order valence-electron chi connectivity index (χ1n) is 7.31. The molecule has 2 rings (SSSR count). The highest BCUT2D eigenvalue weighted by Crippen LogP contribution is 2.25. The Morgan fingerprint density at radius 3 is 2.76 bits per heavy atom. The maximum Gasteiger partial charge on any atom is 0.340 e. The van der Waals surface area contributed by atoms with Crippen molar-refractivity contribution in [2.75, 3.05) is 26.7 Å². The van der Waals surface area contributed by atoms with E-state index in [9.17, 15) is 9.18 Å². The summed E-state index contributed by atoms with van der Waals surface area (Å²) < 4.78 is 18.3. The fourth-order valence-electron chi connectivity index (χ4n) is 2.65. The van der Waals surface area contributed by atoms with Gasteiger partial charge in [-0.1, -0.05) is 26.0 Å². The van der Waals surface area contributed by atoms with Crippen molar-refractivity contribution < 1.29 is 13.9 Å². The summed E-state index contributed by atoms with van der Waals surface area (Å²) >= 11 is 0. The first-order chi connectivity index (χ1) is 10.0. The molecule has 0 fully saturated rings. The second kappa shape index (κ2) is 6.85. The number of nitrogens with zero attached hydrogens (tertiary/aromatic N) is 1. The summed E-state index contributed by atoms with van der Waals surface area (Å²) in [7, 11) is 1.26. The topological polar surface area (TPSA) is 29.5 Å². The minimum Gasteiger partial charge on any atom is -0.465 e. The van der Waals surface area contributed by atoms with E-state index in [-0.39, 0.29) is 5.56 Å². The molecule has 3 nitrogen and oxygen atoms in total. The van der Waals surface area contributed by atoms with Crippen LogP contribution >= 0.6 is 0 Å². The Labute approximate surface area is 125 Å². The van der Waals surface area contributed by atoms with Crippen molar-refractivity contribution in [3.8, 4) is 0 Å². The van der Waals surface area contributed by atoms with Gasteiger partial charge in [-0.05, 0) is 35.6 Å². The lowest BCUT2D eigenvalue weighted by Gasteiger charge is -2.28. The fraction of sp³-hybridized carbons (Fsp3) is 0.471. The SMILES string of the molecule is COC(=O)c1cc(C2=CCN(CC(C)C)CC2)ccc1F. The Morgan fingerprint density at radius 2 is 2.19 bits per heavy atom. The zero-order valence-electron chi connectivity index (χ0n) is 12.9. The first-order valence-corrected chi connectivity index (χ1v) is 7.31. The quantitative estimate of drug-likeness (QED) is 0.797. The third kappa shape index (κ3) is 3.91. The van der Waals surface area contributed by atoms with E-state index in [1.807, 2.05) is 0 Å². The van der Waals surface area contributed by atoms with Gasteiger partial charge in [0, 0.05) is 19.6 Å². The van der Waals surface area contributed by atoms with Gasteiger partial charge in [-0.3, -0.25) is 4.90 Å². The molecule has 0 N–H and O–H groups in total. The molecule has 0 atom stereocenters. The predicted octanol–water partition coefficient (Wildman–Crippen LogP) is 3.36. The molecular formula is C17H22FNO2. The number of ether oxygens (including phenoxy) is 1. The van der Waals surface area contributed by atoms with E-state index in [1.165, 1.54) is 18.7 Å². The molecule has 1 aliphatic heterocycles. The average Bonchev–Trinajstić information content (AvgIpc) is 2.47. The molecule has 114 valence electrons. The van der Waals surface area contributed by atoms with E-state index in [1.54, 1.807) is 12.1 Å². The Morgan fingerprint density at radius 1 is 1.43 bits per heavy atom. The van der Waals surface area contributed by atoms with Gasteiger partial charge in [0.2, 0.25) is 0 Å². The van der Waals surface area contributed by atoms with Crippen LogP contribution in [0.4, 0.5) is 4.39 Å². The van der Waals surface area contributed by atoms with Gasteiger partial charge in [0.25, 0.3) is 0 Å². The number of rotatable bonds is 4. The Hall–Kier alpha value is -1.68. The molecular weight excluding hydrogens is 269 g/mol.